The molecule has 10 nitrogen and oxygen atoms in total. The number of rotatable bonds is 18. The first-order chi connectivity index (χ1) is 27.7. The first-order valence-electron chi connectivity index (χ1n) is 19.8. The molecule has 4 N–H and O–H groups in total. The number of aromatic nitrogens is 1. The molecule has 4 aromatic carbocycles. The van der Waals surface area contributed by atoms with Gasteiger partial charge in [0, 0.05) is 61.4 Å². The van der Waals surface area contributed by atoms with Crippen LogP contribution in [0.1, 0.15) is 71.6 Å². The Balaban J connectivity index is 0.000000318. The van der Waals surface area contributed by atoms with E-state index < -0.39 is 0 Å². The second kappa shape index (κ2) is 21.7. The number of nitrogens with one attached hydrogen (secondary N) is 3. The van der Waals surface area contributed by atoms with Crippen LogP contribution in [0.5, 0.6) is 17.2 Å². The molecule has 0 aliphatic carbocycles. The molecule has 0 radical (unpaired) electrons. The average Bonchev–Trinajstić information content (AvgIpc) is 3.23. The van der Waals surface area contributed by atoms with Gasteiger partial charge in [-0.05, 0) is 93.2 Å². The third-order valence-corrected chi connectivity index (χ3v) is 10.6. The van der Waals surface area contributed by atoms with E-state index in [1.807, 2.05) is 78.9 Å². The van der Waals surface area contributed by atoms with E-state index in [0.717, 1.165) is 90.7 Å². The van der Waals surface area contributed by atoms with Gasteiger partial charge in [0.1, 0.15) is 23.5 Å². The molecular formula is C47H56N4O6. The summed E-state index contributed by atoms with van der Waals surface area (Å²) in [5, 5.41) is 17.3. The van der Waals surface area contributed by atoms with Gasteiger partial charge < -0.3 is 39.9 Å². The number of fused-ring (bicyclic) bond motifs is 3. The molecular weight excluding hydrogens is 717 g/mol. The van der Waals surface area contributed by atoms with Gasteiger partial charge in [-0.2, -0.15) is 0 Å². The first kappa shape index (κ1) is 42.6. The quantitative estimate of drug-likeness (QED) is 0.0404. The van der Waals surface area contributed by atoms with Crippen LogP contribution in [0.25, 0.3) is 10.9 Å². The van der Waals surface area contributed by atoms with Gasteiger partial charge in [-0.3, -0.25) is 9.59 Å². The summed E-state index contributed by atoms with van der Waals surface area (Å²) in [6, 6.07) is 29.7. The number of aldehydes is 1. The monoisotopic (exact) mass is 772 g/mol. The van der Waals surface area contributed by atoms with Crippen molar-refractivity contribution < 1.29 is 24.2 Å². The number of benzene rings is 4. The lowest BCUT2D eigenvalue weighted by atomic mass is 9.89. The lowest BCUT2D eigenvalue weighted by Crippen LogP contribution is -2.33. The number of phenolic OH excluding ortho intramolecular Hbond substituents is 1. The maximum Gasteiger partial charge on any atom is 0.251 e. The van der Waals surface area contributed by atoms with Crippen LogP contribution in [0.15, 0.2) is 114 Å². The van der Waals surface area contributed by atoms with Crippen molar-refractivity contribution in [3.8, 4) is 17.2 Å². The van der Waals surface area contributed by atoms with Gasteiger partial charge in [0.15, 0.2) is 0 Å². The van der Waals surface area contributed by atoms with Crippen molar-refractivity contribution in [2.45, 2.75) is 58.1 Å². The fraction of sp³-hybridized carbons (Fsp3) is 0.340. The third kappa shape index (κ3) is 12.0. The number of H-pyrrole nitrogens is 1. The van der Waals surface area contributed by atoms with Crippen LogP contribution in [-0.2, 0) is 22.5 Å². The van der Waals surface area contributed by atoms with E-state index in [1.54, 1.807) is 19.2 Å². The Hall–Kier alpha value is -5.55. The van der Waals surface area contributed by atoms with Crippen molar-refractivity contribution in [2.24, 2.45) is 5.92 Å². The highest BCUT2D eigenvalue weighted by Gasteiger charge is 2.26. The molecule has 5 aromatic rings. The zero-order valence-electron chi connectivity index (χ0n) is 33.5. The van der Waals surface area contributed by atoms with E-state index in [1.165, 1.54) is 6.07 Å². The number of carbonyl (C=O) groups excluding carboxylic acids is 2. The number of allylic oxidation sites excluding steroid dienone is 1. The van der Waals surface area contributed by atoms with Gasteiger partial charge in [-0.15, -0.1) is 0 Å². The van der Waals surface area contributed by atoms with E-state index >= 15 is 0 Å². The number of ether oxygens (including phenoxy) is 2. The number of aromatic hydroxyl groups is 1. The third-order valence-electron chi connectivity index (χ3n) is 10.6. The van der Waals surface area contributed by atoms with Crippen LogP contribution in [0.2, 0.25) is 0 Å². The second-order valence-corrected chi connectivity index (χ2v) is 14.4. The molecule has 0 fully saturated rings. The fourth-order valence-corrected chi connectivity index (χ4v) is 7.04. The number of nitrogens with zero attached hydrogens (tertiary/aromatic N) is 1. The summed E-state index contributed by atoms with van der Waals surface area (Å²) in [4.78, 5) is 40.3. The SMILES string of the molecule is CCC(CCC=CCN(C)CCNC(=O)c1ccc(CNCCc2ccc(O)c3[nH]c(=O)ccc23)cc1)C(C)OC.O=CC1c2ccccc2Oc2ccccc21. The topological polar surface area (TPSA) is 133 Å². The lowest BCUT2D eigenvalue weighted by molar-refractivity contribution is -0.108. The number of aromatic amines is 1. The number of methoxy groups -OCH3 is 1. The smallest absolute Gasteiger partial charge is 0.251 e. The number of phenols is 1. The Morgan fingerprint density at radius 1 is 0.947 bits per heavy atom. The first-order valence-corrected chi connectivity index (χ1v) is 19.8. The molecule has 300 valence electrons. The summed E-state index contributed by atoms with van der Waals surface area (Å²) in [6.07, 6.45) is 9.79. The number of likely N-dealkylation sites (N-methyl/N-ethyl adjacent to an activating group) is 1. The second-order valence-electron chi connectivity index (χ2n) is 14.4. The maximum absolute atomic E-state index is 12.6. The molecule has 0 saturated carbocycles. The van der Waals surface area contributed by atoms with Crippen molar-refractivity contribution in [2.75, 3.05) is 40.3 Å². The zero-order valence-corrected chi connectivity index (χ0v) is 33.5. The summed E-state index contributed by atoms with van der Waals surface area (Å²) in [7, 11) is 3.84. The number of hydrogen-bond acceptors (Lipinski definition) is 8. The number of pyridine rings is 1. The predicted octanol–water partition coefficient (Wildman–Crippen LogP) is 7.75. The van der Waals surface area contributed by atoms with Gasteiger partial charge in [-0.1, -0.05) is 80.1 Å². The molecule has 1 aliphatic rings. The van der Waals surface area contributed by atoms with Crippen LogP contribution in [0.3, 0.4) is 0 Å². The molecule has 2 unspecified atom stereocenters. The molecule has 0 spiro atoms. The minimum absolute atomic E-state index is 0.0661. The predicted molar refractivity (Wildman–Crippen MR) is 227 cm³/mol. The van der Waals surface area contributed by atoms with Crippen LogP contribution in [0.4, 0.5) is 0 Å². The standard InChI is InChI=1S/C33H46N4O4.C14H10O2/c1-5-26(24(2)41-4)9-7-6-8-21-37(3)22-20-35-33(40)28-12-10-25(11-13-28)23-34-19-18-27-14-16-30(38)32-29(27)15-17-31(39)36-32;15-9-12-10-5-1-3-7-13(10)16-14-8-4-2-6-11(12)14/h6,8,10-17,24,26,34,38H,5,7,9,18-23H2,1-4H3,(H,35,40)(H,36,39);1-9,12H. The van der Waals surface area contributed by atoms with Gasteiger partial charge >= 0.3 is 0 Å². The molecule has 1 amide bonds. The maximum atomic E-state index is 12.6. The van der Waals surface area contributed by atoms with E-state index in [4.69, 9.17) is 9.47 Å². The molecule has 1 aromatic heterocycles. The molecule has 6 rings (SSSR count). The largest absolute Gasteiger partial charge is 0.506 e. The number of hydrogen-bond donors (Lipinski definition) is 4. The van der Waals surface area contributed by atoms with Crippen LogP contribution in [0, 0.1) is 5.92 Å². The highest BCUT2D eigenvalue weighted by Crippen LogP contribution is 2.42. The summed E-state index contributed by atoms with van der Waals surface area (Å²) in [5.74, 6) is 1.94. The average molecular weight is 773 g/mol. The van der Waals surface area contributed by atoms with Crippen LogP contribution >= 0.6 is 0 Å². The van der Waals surface area contributed by atoms with Gasteiger partial charge in [-0.25, -0.2) is 0 Å². The Morgan fingerprint density at radius 2 is 1.65 bits per heavy atom. The Morgan fingerprint density at radius 3 is 2.32 bits per heavy atom. The normalized spacial score (nSPS) is 13.3. The summed E-state index contributed by atoms with van der Waals surface area (Å²) in [6.45, 7) is 8.00. The minimum Gasteiger partial charge on any atom is -0.506 e. The summed E-state index contributed by atoms with van der Waals surface area (Å²) in [5.41, 5.74) is 4.91. The molecule has 2 heterocycles. The summed E-state index contributed by atoms with van der Waals surface area (Å²) >= 11 is 0. The molecule has 0 saturated heterocycles. The Labute approximate surface area is 335 Å². The molecule has 10 heteroatoms. The van der Waals surface area contributed by atoms with E-state index in [2.05, 4.69) is 53.6 Å². The Kier molecular flexibility index (Phi) is 16.2. The zero-order chi connectivity index (χ0) is 40.6. The highest BCUT2D eigenvalue weighted by molar-refractivity contribution is 5.94. The molecule has 0 bridgehead atoms. The van der Waals surface area contributed by atoms with Crippen LogP contribution < -0.4 is 20.9 Å². The van der Waals surface area contributed by atoms with Gasteiger partial charge in [0.2, 0.25) is 5.56 Å². The van der Waals surface area contributed by atoms with Crippen molar-refractivity contribution in [1.82, 2.24) is 20.5 Å². The number of amides is 1. The molecule has 1 aliphatic heterocycles. The van der Waals surface area contributed by atoms with Gasteiger partial charge in [0.25, 0.3) is 5.91 Å². The van der Waals surface area contributed by atoms with Gasteiger partial charge in [0.05, 0.1) is 17.5 Å². The van der Waals surface area contributed by atoms with Crippen molar-refractivity contribution in [3.05, 3.63) is 147 Å². The summed E-state index contributed by atoms with van der Waals surface area (Å²) < 4.78 is 11.2. The van der Waals surface area contributed by atoms with Crippen molar-refractivity contribution in [1.29, 1.82) is 0 Å². The molecule has 2 atom stereocenters. The fourth-order valence-electron chi connectivity index (χ4n) is 7.04. The number of para-hydroxylation sites is 2. The van der Waals surface area contributed by atoms with E-state index in [9.17, 15) is 19.5 Å². The van der Waals surface area contributed by atoms with Crippen LogP contribution in [-0.4, -0.2) is 73.6 Å². The minimum atomic E-state index is -0.236. The van der Waals surface area contributed by atoms with E-state index in [-0.39, 0.29) is 23.1 Å². The van der Waals surface area contributed by atoms with Crippen molar-refractivity contribution >= 4 is 23.1 Å². The van der Waals surface area contributed by atoms with Crippen molar-refractivity contribution in [3.63, 3.8) is 0 Å². The van der Waals surface area contributed by atoms with E-state index in [0.29, 0.717) is 36.2 Å². The molecule has 57 heavy (non-hydrogen) atoms. The number of carbonyl (C=O) groups is 2. The highest BCUT2D eigenvalue weighted by atomic mass is 16.5. The Bertz CT molecular complexity index is 2100. The lowest BCUT2D eigenvalue weighted by Gasteiger charge is -2.24.